The third-order valence-corrected chi connectivity index (χ3v) is 2.43. The van der Waals surface area contributed by atoms with Gasteiger partial charge in [-0.05, 0) is 18.6 Å². The molecule has 0 aliphatic rings. The Labute approximate surface area is 95.0 Å². The minimum absolute atomic E-state index is 0.115. The molecule has 1 rings (SSSR count). The lowest BCUT2D eigenvalue weighted by Gasteiger charge is -1.99. The second-order valence-electron chi connectivity index (χ2n) is 2.72. The summed E-state index contributed by atoms with van der Waals surface area (Å²) in [6.45, 7) is 0. The Morgan fingerprint density at radius 2 is 2.31 bits per heavy atom. The lowest BCUT2D eigenvalue weighted by Crippen LogP contribution is -2.13. The molecular formula is C9H9F2N3OS. The molecule has 0 aliphatic heterocycles. The fourth-order valence-corrected chi connectivity index (χ4v) is 1.58. The minimum Gasteiger partial charge on any atom is -0.364 e. The highest BCUT2D eigenvalue weighted by Gasteiger charge is 2.04. The molecule has 1 amide bonds. The van der Waals surface area contributed by atoms with E-state index in [4.69, 9.17) is 5.73 Å². The Hall–Kier alpha value is -1.50. The number of allylic oxidation sites excluding steroid dienone is 1. The number of nitrogens with two attached hydrogens (primary N) is 1. The van der Waals surface area contributed by atoms with E-state index in [1.807, 2.05) is 0 Å². The summed E-state index contributed by atoms with van der Waals surface area (Å²) >= 11 is 1.19. The predicted octanol–water partition coefficient (Wildman–Crippen LogP) is 1.84. The molecule has 0 fully saturated rings. The van der Waals surface area contributed by atoms with Crippen molar-refractivity contribution in [1.82, 2.24) is 9.97 Å². The lowest BCUT2D eigenvalue weighted by molar-refractivity contribution is 0.0994. The highest BCUT2D eigenvalue weighted by Crippen LogP contribution is 2.14. The smallest absolute Gasteiger partial charge is 0.267 e. The zero-order chi connectivity index (χ0) is 12.0. The van der Waals surface area contributed by atoms with Gasteiger partial charge in [0.2, 0.25) is 0 Å². The van der Waals surface area contributed by atoms with Crippen LogP contribution < -0.4 is 5.73 Å². The van der Waals surface area contributed by atoms with Gasteiger partial charge in [-0.15, -0.1) is 0 Å². The van der Waals surface area contributed by atoms with E-state index in [0.29, 0.717) is 10.9 Å². The van der Waals surface area contributed by atoms with Crippen molar-refractivity contribution in [3.05, 3.63) is 30.1 Å². The number of hydrogen-bond donors (Lipinski definition) is 1. The molecule has 0 aliphatic carbocycles. The molecule has 1 heterocycles. The molecule has 7 heteroatoms. The van der Waals surface area contributed by atoms with E-state index in [-0.39, 0.29) is 12.1 Å². The number of amides is 1. The van der Waals surface area contributed by atoms with Crippen molar-refractivity contribution in [1.29, 1.82) is 0 Å². The second-order valence-corrected chi connectivity index (χ2v) is 3.78. The Morgan fingerprint density at radius 3 is 2.94 bits per heavy atom. The first kappa shape index (κ1) is 12.6. The number of halogens is 2. The Kier molecular flexibility index (Phi) is 4.84. The summed E-state index contributed by atoms with van der Waals surface area (Å²) in [4.78, 5) is 18.5. The minimum atomic E-state index is -1.70. The third kappa shape index (κ3) is 4.35. The average Bonchev–Trinajstić information content (AvgIpc) is 2.24. The molecule has 0 unspecified atom stereocenters. The molecule has 4 nitrogen and oxygen atoms in total. The van der Waals surface area contributed by atoms with Gasteiger partial charge >= 0.3 is 0 Å². The molecule has 0 atom stereocenters. The summed E-state index contributed by atoms with van der Waals surface area (Å²) in [5, 5.41) is 0.351. The van der Waals surface area contributed by atoms with Crippen molar-refractivity contribution in [2.24, 2.45) is 5.73 Å². The highest BCUT2D eigenvalue weighted by atomic mass is 32.2. The predicted molar refractivity (Wildman–Crippen MR) is 56.2 cm³/mol. The zero-order valence-electron chi connectivity index (χ0n) is 8.19. The first-order valence-electron chi connectivity index (χ1n) is 4.36. The van der Waals surface area contributed by atoms with Crippen LogP contribution in [0, 0.1) is 0 Å². The molecule has 0 radical (unpaired) electrons. The molecule has 0 saturated heterocycles. The van der Waals surface area contributed by atoms with Crippen LogP contribution in [0.2, 0.25) is 0 Å². The van der Waals surface area contributed by atoms with Crippen LogP contribution in [-0.2, 0) is 0 Å². The number of carbonyl (C=O) groups excluding carboxylic acids is 1. The molecule has 1 aromatic heterocycles. The maximum atomic E-state index is 11.7. The number of rotatable bonds is 5. The molecule has 0 aromatic carbocycles. The van der Waals surface area contributed by atoms with Gasteiger partial charge in [-0.25, -0.2) is 9.97 Å². The van der Waals surface area contributed by atoms with Gasteiger partial charge in [-0.1, -0.05) is 11.8 Å². The van der Waals surface area contributed by atoms with Gasteiger partial charge in [0.25, 0.3) is 12.0 Å². The quantitative estimate of drug-likeness (QED) is 0.488. The Balaban J connectivity index is 2.51. The van der Waals surface area contributed by atoms with E-state index < -0.39 is 12.0 Å². The lowest BCUT2D eigenvalue weighted by atomic mass is 10.4. The molecule has 0 saturated carbocycles. The van der Waals surface area contributed by atoms with Gasteiger partial charge in [0, 0.05) is 11.9 Å². The largest absolute Gasteiger partial charge is 0.364 e. The molecule has 1 aromatic rings. The Bertz CT molecular complexity index is 407. The van der Waals surface area contributed by atoms with Crippen molar-refractivity contribution < 1.29 is 13.6 Å². The van der Waals surface area contributed by atoms with Crippen LogP contribution in [0.1, 0.15) is 16.9 Å². The summed E-state index contributed by atoms with van der Waals surface area (Å²) in [5.41, 5.74) is 5.15. The number of nitrogens with zero attached hydrogens (tertiary/aromatic N) is 2. The molecule has 16 heavy (non-hydrogen) atoms. The second kappa shape index (κ2) is 6.16. The maximum absolute atomic E-state index is 11.7. The highest BCUT2D eigenvalue weighted by molar-refractivity contribution is 7.99. The fraction of sp³-hybridized carbons (Fsp3) is 0.222. The summed E-state index contributed by atoms with van der Waals surface area (Å²) < 4.78 is 23.4. The topological polar surface area (TPSA) is 68.9 Å². The van der Waals surface area contributed by atoms with Gasteiger partial charge < -0.3 is 5.73 Å². The van der Waals surface area contributed by atoms with Crippen molar-refractivity contribution in [3.63, 3.8) is 0 Å². The molecule has 0 bridgehead atoms. The summed E-state index contributed by atoms with van der Waals surface area (Å²) in [6.07, 6.45) is 0.746. The third-order valence-electron chi connectivity index (χ3n) is 1.53. The van der Waals surface area contributed by atoms with Crippen LogP contribution in [0.5, 0.6) is 0 Å². The van der Waals surface area contributed by atoms with Gasteiger partial charge in [-0.3, -0.25) is 4.79 Å². The number of carbonyl (C=O) groups is 1. The van der Waals surface area contributed by atoms with E-state index >= 15 is 0 Å². The van der Waals surface area contributed by atoms with Gasteiger partial charge in [-0.2, -0.15) is 8.78 Å². The van der Waals surface area contributed by atoms with Crippen LogP contribution in [0.15, 0.2) is 29.6 Å². The van der Waals surface area contributed by atoms with Crippen LogP contribution in [0.3, 0.4) is 0 Å². The summed E-state index contributed by atoms with van der Waals surface area (Å²) in [6, 6.07) is 1.40. The van der Waals surface area contributed by atoms with E-state index in [1.165, 1.54) is 24.0 Å². The van der Waals surface area contributed by atoms with Gasteiger partial charge in [0.15, 0.2) is 5.16 Å². The molecule has 86 valence electrons. The molecular weight excluding hydrogens is 236 g/mol. The maximum Gasteiger partial charge on any atom is 0.267 e. The normalized spacial score (nSPS) is 9.88. The molecule has 0 spiro atoms. The Morgan fingerprint density at radius 1 is 1.56 bits per heavy atom. The SMILES string of the molecule is NC(=O)c1ccnc(SCCC=C(F)F)n1. The van der Waals surface area contributed by atoms with Crippen LogP contribution in [0.4, 0.5) is 8.78 Å². The monoisotopic (exact) mass is 245 g/mol. The van der Waals surface area contributed by atoms with Gasteiger partial charge in [0.05, 0.1) is 0 Å². The van der Waals surface area contributed by atoms with Gasteiger partial charge in [0.1, 0.15) is 5.69 Å². The van der Waals surface area contributed by atoms with Crippen molar-refractivity contribution >= 4 is 17.7 Å². The van der Waals surface area contributed by atoms with E-state index in [1.54, 1.807) is 0 Å². The summed E-state index contributed by atoms with van der Waals surface area (Å²) in [5.74, 6) is -0.224. The van der Waals surface area contributed by atoms with E-state index in [9.17, 15) is 13.6 Å². The zero-order valence-corrected chi connectivity index (χ0v) is 9.01. The summed E-state index contributed by atoms with van der Waals surface area (Å²) in [7, 11) is 0. The standard InChI is InChI=1S/C9H9F2N3OS/c10-7(11)2-1-5-16-9-13-4-3-6(14-9)8(12)15/h2-4H,1,5H2,(H2,12,15). The first-order chi connectivity index (χ1) is 7.59. The van der Waals surface area contributed by atoms with E-state index in [2.05, 4.69) is 9.97 Å². The number of thioether (sulfide) groups is 1. The van der Waals surface area contributed by atoms with Crippen LogP contribution in [0.25, 0.3) is 0 Å². The van der Waals surface area contributed by atoms with Crippen molar-refractivity contribution in [2.45, 2.75) is 11.6 Å². The van der Waals surface area contributed by atoms with Crippen LogP contribution in [-0.4, -0.2) is 21.6 Å². The van der Waals surface area contributed by atoms with E-state index in [0.717, 1.165) is 6.08 Å². The average molecular weight is 245 g/mol. The molecule has 2 N–H and O–H groups in total. The number of primary amides is 1. The number of aromatic nitrogens is 2. The van der Waals surface area contributed by atoms with Crippen molar-refractivity contribution in [2.75, 3.05) is 5.75 Å². The fourth-order valence-electron chi connectivity index (χ4n) is 0.866. The van der Waals surface area contributed by atoms with Crippen LogP contribution >= 0.6 is 11.8 Å². The van der Waals surface area contributed by atoms with Crippen molar-refractivity contribution in [3.8, 4) is 0 Å². The first-order valence-corrected chi connectivity index (χ1v) is 5.35. The number of hydrogen-bond acceptors (Lipinski definition) is 4.